The molecule has 0 saturated heterocycles. The van der Waals surface area contributed by atoms with Gasteiger partial charge in [-0.2, -0.15) is 0 Å². The maximum atomic E-state index is 11.6. The van der Waals surface area contributed by atoms with Gasteiger partial charge in [0.15, 0.2) is 0 Å². The van der Waals surface area contributed by atoms with Crippen LogP contribution in [0.5, 0.6) is 0 Å². The number of esters is 2. The van der Waals surface area contributed by atoms with E-state index in [1.54, 1.807) is 13.8 Å². The molecule has 0 bridgehead atoms. The Morgan fingerprint density at radius 1 is 1.12 bits per heavy atom. The molecule has 0 heterocycles. The van der Waals surface area contributed by atoms with Crippen LogP contribution in [0, 0.1) is 5.92 Å². The van der Waals surface area contributed by atoms with Crippen molar-refractivity contribution in [2.24, 2.45) is 5.92 Å². The summed E-state index contributed by atoms with van der Waals surface area (Å²) in [7, 11) is 3.69. The van der Waals surface area contributed by atoms with Crippen molar-refractivity contribution < 1.29 is 19.1 Å². The fourth-order valence-corrected chi connectivity index (χ4v) is 1.34. The van der Waals surface area contributed by atoms with Crippen LogP contribution in [0.15, 0.2) is 0 Å². The first-order valence-electron chi connectivity index (χ1n) is 5.48. The Labute approximate surface area is 96.7 Å². The molecule has 0 radical (unpaired) electrons. The molecule has 0 saturated carbocycles. The molecule has 0 fully saturated rings. The first-order valence-corrected chi connectivity index (χ1v) is 5.48. The van der Waals surface area contributed by atoms with E-state index < -0.39 is 5.92 Å². The van der Waals surface area contributed by atoms with Crippen LogP contribution in [0.3, 0.4) is 0 Å². The Bertz CT molecular complexity index is 228. The van der Waals surface area contributed by atoms with Crippen molar-refractivity contribution >= 4 is 11.9 Å². The largest absolute Gasteiger partial charge is 0.466 e. The molecule has 1 atom stereocenters. The predicted molar refractivity (Wildman–Crippen MR) is 59.9 cm³/mol. The van der Waals surface area contributed by atoms with Crippen LogP contribution in [-0.2, 0) is 19.1 Å². The number of carbonyl (C=O) groups is 2. The molecule has 0 amide bonds. The lowest BCUT2D eigenvalue weighted by Gasteiger charge is -2.18. The molecule has 0 N–H and O–H groups in total. The summed E-state index contributed by atoms with van der Waals surface area (Å²) < 4.78 is 9.73. The summed E-state index contributed by atoms with van der Waals surface area (Å²) in [5.41, 5.74) is 0. The van der Waals surface area contributed by atoms with Crippen LogP contribution in [-0.4, -0.2) is 50.7 Å². The average molecular weight is 231 g/mol. The predicted octanol–water partition coefficient (Wildman–Crippen LogP) is 0.681. The second-order valence-electron chi connectivity index (χ2n) is 3.72. The first-order chi connectivity index (χ1) is 7.51. The minimum absolute atomic E-state index is 0.0743. The lowest BCUT2D eigenvalue weighted by Crippen LogP contribution is -2.31. The Morgan fingerprint density at radius 3 is 2.12 bits per heavy atom. The van der Waals surface area contributed by atoms with Crippen molar-refractivity contribution in [3.63, 3.8) is 0 Å². The van der Waals surface area contributed by atoms with Gasteiger partial charge in [0.25, 0.3) is 0 Å². The maximum absolute atomic E-state index is 11.6. The van der Waals surface area contributed by atoms with Gasteiger partial charge in [-0.25, -0.2) is 0 Å². The van der Waals surface area contributed by atoms with Gasteiger partial charge in [0.2, 0.25) is 0 Å². The molecule has 0 aromatic heterocycles. The van der Waals surface area contributed by atoms with Crippen molar-refractivity contribution in [2.45, 2.75) is 20.3 Å². The fraction of sp³-hybridized carbons (Fsp3) is 0.818. The van der Waals surface area contributed by atoms with Crippen LogP contribution in [0.1, 0.15) is 20.3 Å². The molecular weight excluding hydrogens is 210 g/mol. The molecule has 5 heteroatoms. The molecule has 1 unspecified atom stereocenters. The molecule has 16 heavy (non-hydrogen) atoms. The van der Waals surface area contributed by atoms with Gasteiger partial charge in [-0.05, 0) is 27.9 Å². The number of hydrogen-bond donors (Lipinski definition) is 0. The monoisotopic (exact) mass is 231 g/mol. The van der Waals surface area contributed by atoms with Crippen LogP contribution in [0.2, 0.25) is 0 Å². The Hall–Kier alpha value is -1.10. The molecule has 0 aromatic rings. The van der Waals surface area contributed by atoms with Crippen molar-refractivity contribution in [3.05, 3.63) is 0 Å². The topological polar surface area (TPSA) is 55.8 Å². The van der Waals surface area contributed by atoms with E-state index in [0.29, 0.717) is 19.8 Å². The minimum atomic E-state index is -0.450. The highest BCUT2D eigenvalue weighted by atomic mass is 16.5. The third-order valence-corrected chi connectivity index (χ3v) is 1.92. The normalized spacial score (nSPS) is 12.3. The van der Waals surface area contributed by atoms with Gasteiger partial charge in [-0.15, -0.1) is 0 Å². The lowest BCUT2D eigenvalue weighted by atomic mass is 10.1. The van der Waals surface area contributed by atoms with Gasteiger partial charge in [0.05, 0.1) is 25.6 Å². The van der Waals surface area contributed by atoms with Crippen LogP contribution >= 0.6 is 0 Å². The van der Waals surface area contributed by atoms with Gasteiger partial charge in [-0.1, -0.05) is 0 Å². The van der Waals surface area contributed by atoms with Crippen LogP contribution < -0.4 is 0 Å². The van der Waals surface area contributed by atoms with Gasteiger partial charge in [0.1, 0.15) is 0 Å². The average Bonchev–Trinajstić information content (AvgIpc) is 2.16. The summed E-state index contributed by atoms with van der Waals surface area (Å²) in [6.45, 7) is 4.62. The summed E-state index contributed by atoms with van der Waals surface area (Å²) in [6.07, 6.45) is 0.0743. The molecule has 0 aliphatic carbocycles. The molecule has 0 aliphatic heterocycles. The molecule has 5 nitrogen and oxygen atoms in total. The molecule has 0 aromatic carbocycles. The van der Waals surface area contributed by atoms with E-state index in [1.807, 2.05) is 19.0 Å². The number of nitrogens with zero attached hydrogens (tertiary/aromatic N) is 1. The zero-order valence-corrected chi connectivity index (χ0v) is 10.5. The highest BCUT2D eigenvalue weighted by Gasteiger charge is 2.24. The molecule has 0 aliphatic rings. The molecule has 0 rings (SSSR count). The zero-order chi connectivity index (χ0) is 12.6. The second kappa shape index (κ2) is 8.10. The van der Waals surface area contributed by atoms with E-state index in [-0.39, 0.29) is 18.4 Å². The smallest absolute Gasteiger partial charge is 0.310 e. The van der Waals surface area contributed by atoms with Gasteiger partial charge in [0, 0.05) is 6.54 Å². The third kappa shape index (κ3) is 6.40. The fourth-order valence-electron chi connectivity index (χ4n) is 1.34. The lowest BCUT2D eigenvalue weighted by molar-refractivity contribution is -0.155. The van der Waals surface area contributed by atoms with E-state index in [9.17, 15) is 9.59 Å². The summed E-state index contributed by atoms with van der Waals surface area (Å²) >= 11 is 0. The number of rotatable bonds is 7. The van der Waals surface area contributed by atoms with Crippen molar-refractivity contribution in [2.75, 3.05) is 33.9 Å². The standard InChI is InChI=1S/C11H21NO4/c1-5-15-10(13)7-9(8-12(3)4)11(14)16-6-2/h9H,5-8H2,1-4H3. The van der Waals surface area contributed by atoms with Crippen LogP contribution in [0.25, 0.3) is 0 Å². The number of hydrogen-bond acceptors (Lipinski definition) is 5. The molecular formula is C11H21NO4. The molecule has 94 valence electrons. The van der Waals surface area contributed by atoms with E-state index in [0.717, 1.165) is 0 Å². The van der Waals surface area contributed by atoms with E-state index in [2.05, 4.69) is 0 Å². The molecule has 0 spiro atoms. The van der Waals surface area contributed by atoms with E-state index in [4.69, 9.17) is 9.47 Å². The van der Waals surface area contributed by atoms with Crippen molar-refractivity contribution in [1.82, 2.24) is 4.90 Å². The van der Waals surface area contributed by atoms with Gasteiger partial charge >= 0.3 is 11.9 Å². The Morgan fingerprint density at radius 2 is 1.69 bits per heavy atom. The summed E-state index contributed by atoms with van der Waals surface area (Å²) in [5.74, 6) is -1.15. The van der Waals surface area contributed by atoms with Crippen LogP contribution in [0.4, 0.5) is 0 Å². The quantitative estimate of drug-likeness (QED) is 0.603. The second-order valence-corrected chi connectivity index (χ2v) is 3.72. The van der Waals surface area contributed by atoms with Crippen molar-refractivity contribution in [1.29, 1.82) is 0 Å². The minimum Gasteiger partial charge on any atom is -0.466 e. The van der Waals surface area contributed by atoms with Crippen molar-refractivity contribution in [3.8, 4) is 0 Å². The van der Waals surface area contributed by atoms with Gasteiger partial charge < -0.3 is 14.4 Å². The van der Waals surface area contributed by atoms with Gasteiger partial charge in [-0.3, -0.25) is 9.59 Å². The number of ether oxygens (including phenoxy) is 2. The third-order valence-electron chi connectivity index (χ3n) is 1.92. The number of carbonyl (C=O) groups excluding carboxylic acids is 2. The highest BCUT2D eigenvalue weighted by molar-refractivity contribution is 5.80. The zero-order valence-electron chi connectivity index (χ0n) is 10.5. The van der Waals surface area contributed by atoms with E-state index in [1.165, 1.54) is 0 Å². The SMILES string of the molecule is CCOC(=O)CC(CN(C)C)C(=O)OCC. The van der Waals surface area contributed by atoms with E-state index >= 15 is 0 Å². The summed E-state index contributed by atoms with van der Waals surface area (Å²) in [5, 5.41) is 0. The maximum Gasteiger partial charge on any atom is 0.310 e. The highest BCUT2D eigenvalue weighted by Crippen LogP contribution is 2.08. The summed E-state index contributed by atoms with van der Waals surface area (Å²) in [6, 6.07) is 0. The summed E-state index contributed by atoms with van der Waals surface area (Å²) in [4.78, 5) is 24.7. The Kier molecular flexibility index (Phi) is 7.54. The first kappa shape index (κ1) is 14.9. The Balaban J connectivity index is 4.30.